The van der Waals surface area contributed by atoms with Gasteiger partial charge >= 0.3 is 0 Å². The Balaban J connectivity index is 2.38. The van der Waals surface area contributed by atoms with Gasteiger partial charge in [0.1, 0.15) is 0 Å². The summed E-state index contributed by atoms with van der Waals surface area (Å²) < 4.78 is 1.96. The maximum absolute atomic E-state index is 9.56. The van der Waals surface area contributed by atoms with Gasteiger partial charge in [-0.2, -0.15) is 5.10 Å². The summed E-state index contributed by atoms with van der Waals surface area (Å²) in [5.41, 5.74) is 3.65. The van der Waals surface area contributed by atoms with Crippen molar-refractivity contribution in [2.45, 2.75) is 39.7 Å². The zero-order valence-corrected chi connectivity index (χ0v) is 12.0. The van der Waals surface area contributed by atoms with E-state index in [1.165, 1.54) is 24.1 Å². The van der Waals surface area contributed by atoms with Crippen molar-refractivity contribution in [2.75, 3.05) is 19.7 Å². The molecule has 1 aliphatic heterocycles. The molecule has 4 nitrogen and oxygen atoms in total. The summed E-state index contributed by atoms with van der Waals surface area (Å²) in [5.74, 6) is 0.254. The van der Waals surface area contributed by atoms with Gasteiger partial charge in [0.15, 0.2) is 0 Å². The summed E-state index contributed by atoms with van der Waals surface area (Å²) in [7, 11) is 2.00. The van der Waals surface area contributed by atoms with Crippen LogP contribution in [0.15, 0.2) is 0 Å². The van der Waals surface area contributed by atoms with E-state index in [0.29, 0.717) is 6.04 Å². The second-order valence-corrected chi connectivity index (χ2v) is 5.56. The lowest BCUT2D eigenvalue weighted by molar-refractivity contribution is 0.125. The van der Waals surface area contributed by atoms with E-state index < -0.39 is 0 Å². The fraction of sp³-hybridized carbons (Fsp3) is 0.786. The van der Waals surface area contributed by atoms with Crippen molar-refractivity contribution in [1.29, 1.82) is 0 Å². The lowest BCUT2D eigenvalue weighted by atomic mass is 9.92. The van der Waals surface area contributed by atoms with Gasteiger partial charge in [-0.05, 0) is 45.7 Å². The minimum Gasteiger partial charge on any atom is -0.396 e. The zero-order valence-electron chi connectivity index (χ0n) is 12.0. The lowest BCUT2D eigenvalue weighted by Crippen LogP contribution is -2.32. The Morgan fingerprint density at radius 1 is 1.28 bits per heavy atom. The molecule has 0 spiro atoms. The van der Waals surface area contributed by atoms with E-state index in [1.807, 2.05) is 11.7 Å². The number of aliphatic hydroxyl groups is 1. The summed E-state index contributed by atoms with van der Waals surface area (Å²) in [6, 6.07) is 0.311. The molecule has 0 aromatic carbocycles. The summed E-state index contributed by atoms with van der Waals surface area (Å²) in [4.78, 5) is 2.51. The molecule has 2 atom stereocenters. The Morgan fingerprint density at radius 2 is 1.89 bits per heavy atom. The molecule has 0 bridgehead atoms. The molecule has 2 rings (SSSR count). The Bertz CT molecular complexity index is 407. The first-order valence-corrected chi connectivity index (χ1v) is 6.91. The van der Waals surface area contributed by atoms with Crippen LogP contribution in [0, 0.1) is 19.8 Å². The van der Waals surface area contributed by atoms with Crippen molar-refractivity contribution >= 4 is 0 Å². The van der Waals surface area contributed by atoms with Gasteiger partial charge in [-0.15, -0.1) is 0 Å². The van der Waals surface area contributed by atoms with Gasteiger partial charge in [0.2, 0.25) is 0 Å². The van der Waals surface area contributed by atoms with Gasteiger partial charge in [-0.25, -0.2) is 0 Å². The predicted octanol–water partition coefficient (Wildman–Crippen LogP) is 1.80. The Labute approximate surface area is 110 Å². The van der Waals surface area contributed by atoms with Crippen LogP contribution in [-0.2, 0) is 7.05 Å². The van der Waals surface area contributed by atoms with E-state index in [9.17, 15) is 5.11 Å². The second-order valence-electron chi connectivity index (χ2n) is 5.56. The third-order valence-corrected chi connectivity index (χ3v) is 4.22. The minimum absolute atomic E-state index is 0.231. The summed E-state index contributed by atoms with van der Waals surface area (Å²) in [6.07, 6.45) is 2.54. The highest BCUT2D eigenvalue weighted by atomic mass is 16.3. The van der Waals surface area contributed by atoms with Crippen LogP contribution in [0.2, 0.25) is 0 Å². The average Bonchev–Trinajstić information content (AvgIpc) is 2.94. The molecule has 1 aliphatic rings. The van der Waals surface area contributed by atoms with Gasteiger partial charge in [0, 0.05) is 31.0 Å². The highest BCUT2D eigenvalue weighted by Crippen LogP contribution is 2.34. The average molecular weight is 251 g/mol. The number of aromatic nitrogens is 2. The molecule has 0 amide bonds. The molecule has 1 aromatic heterocycles. The summed E-state index contributed by atoms with van der Waals surface area (Å²) >= 11 is 0. The van der Waals surface area contributed by atoms with Crippen LogP contribution in [0.5, 0.6) is 0 Å². The first-order chi connectivity index (χ1) is 8.56. The van der Waals surface area contributed by atoms with Crippen LogP contribution in [0.4, 0.5) is 0 Å². The van der Waals surface area contributed by atoms with Crippen LogP contribution >= 0.6 is 0 Å². The quantitative estimate of drug-likeness (QED) is 0.887. The largest absolute Gasteiger partial charge is 0.396 e. The lowest BCUT2D eigenvalue weighted by Gasteiger charge is -2.32. The SMILES string of the molecule is Cc1nn(C)c(C)c1C(C(C)CO)N1CCCC1. The molecule has 1 fully saturated rings. The maximum Gasteiger partial charge on any atom is 0.0644 e. The fourth-order valence-corrected chi connectivity index (χ4v) is 3.16. The predicted molar refractivity (Wildman–Crippen MR) is 72.5 cm³/mol. The van der Waals surface area contributed by atoms with Gasteiger partial charge in [0.05, 0.1) is 5.69 Å². The van der Waals surface area contributed by atoms with Crippen molar-refractivity contribution in [3.63, 3.8) is 0 Å². The normalized spacial score (nSPS) is 20.3. The first kappa shape index (κ1) is 13.6. The van der Waals surface area contributed by atoms with Crippen molar-refractivity contribution in [3.05, 3.63) is 17.0 Å². The first-order valence-electron chi connectivity index (χ1n) is 6.91. The summed E-state index contributed by atoms with van der Waals surface area (Å²) in [6.45, 7) is 8.85. The van der Waals surface area contributed by atoms with Gasteiger partial charge in [-0.1, -0.05) is 6.92 Å². The molecule has 1 saturated heterocycles. The monoisotopic (exact) mass is 251 g/mol. The van der Waals surface area contributed by atoms with Gasteiger partial charge < -0.3 is 5.11 Å². The molecular weight excluding hydrogens is 226 g/mol. The van der Waals surface area contributed by atoms with E-state index in [4.69, 9.17) is 0 Å². The fourth-order valence-electron chi connectivity index (χ4n) is 3.16. The maximum atomic E-state index is 9.56. The van der Waals surface area contributed by atoms with Crippen molar-refractivity contribution in [2.24, 2.45) is 13.0 Å². The number of hydrogen-bond acceptors (Lipinski definition) is 3. The minimum atomic E-state index is 0.231. The van der Waals surface area contributed by atoms with Crippen molar-refractivity contribution in [3.8, 4) is 0 Å². The van der Waals surface area contributed by atoms with E-state index in [-0.39, 0.29) is 12.5 Å². The molecule has 0 saturated carbocycles. The van der Waals surface area contributed by atoms with E-state index >= 15 is 0 Å². The number of aliphatic hydroxyl groups excluding tert-OH is 1. The van der Waals surface area contributed by atoms with Crippen LogP contribution in [0.1, 0.15) is 42.8 Å². The molecule has 0 aliphatic carbocycles. The molecule has 1 aromatic rings. The van der Waals surface area contributed by atoms with Crippen LogP contribution in [-0.4, -0.2) is 39.5 Å². The molecule has 1 N–H and O–H groups in total. The van der Waals surface area contributed by atoms with E-state index in [2.05, 4.69) is 30.8 Å². The molecule has 0 radical (unpaired) electrons. The van der Waals surface area contributed by atoms with Crippen molar-refractivity contribution in [1.82, 2.24) is 14.7 Å². The van der Waals surface area contributed by atoms with E-state index in [1.54, 1.807) is 0 Å². The smallest absolute Gasteiger partial charge is 0.0644 e. The topological polar surface area (TPSA) is 41.3 Å². The van der Waals surface area contributed by atoms with Crippen LogP contribution in [0.25, 0.3) is 0 Å². The summed E-state index contributed by atoms with van der Waals surface area (Å²) in [5, 5.41) is 14.1. The number of likely N-dealkylation sites (tertiary alicyclic amines) is 1. The van der Waals surface area contributed by atoms with Gasteiger partial charge in [-0.3, -0.25) is 9.58 Å². The van der Waals surface area contributed by atoms with Gasteiger partial charge in [0.25, 0.3) is 0 Å². The molecule has 4 heteroatoms. The highest BCUT2D eigenvalue weighted by Gasteiger charge is 2.31. The third kappa shape index (κ3) is 2.31. The van der Waals surface area contributed by atoms with Crippen LogP contribution in [0.3, 0.4) is 0 Å². The highest BCUT2D eigenvalue weighted by molar-refractivity contribution is 5.29. The second kappa shape index (κ2) is 5.41. The number of nitrogens with zero attached hydrogens (tertiary/aromatic N) is 3. The standard InChI is InChI=1S/C14H25N3O/c1-10(9-18)14(17-7-5-6-8-17)13-11(2)15-16(4)12(13)3/h10,14,18H,5-9H2,1-4H3. The Morgan fingerprint density at radius 3 is 2.33 bits per heavy atom. The number of rotatable bonds is 4. The Hall–Kier alpha value is -0.870. The van der Waals surface area contributed by atoms with E-state index in [0.717, 1.165) is 18.8 Å². The third-order valence-electron chi connectivity index (χ3n) is 4.22. The molecular formula is C14H25N3O. The number of aryl methyl sites for hydroxylation is 2. The Kier molecular flexibility index (Phi) is 4.07. The zero-order chi connectivity index (χ0) is 13.3. The molecule has 2 unspecified atom stereocenters. The molecule has 102 valence electrons. The molecule has 2 heterocycles. The number of hydrogen-bond donors (Lipinski definition) is 1. The van der Waals surface area contributed by atoms with Crippen LogP contribution < -0.4 is 0 Å². The molecule has 18 heavy (non-hydrogen) atoms. The van der Waals surface area contributed by atoms with Crippen molar-refractivity contribution < 1.29 is 5.11 Å².